The molecule has 3 aromatic carbocycles. The molecule has 138 valence electrons. The zero-order chi connectivity index (χ0) is 19.4. The van der Waals surface area contributed by atoms with Crippen LogP contribution < -0.4 is 0 Å². The van der Waals surface area contributed by atoms with Gasteiger partial charge in [0, 0.05) is 5.56 Å². The van der Waals surface area contributed by atoms with E-state index in [4.69, 9.17) is 0 Å². The van der Waals surface area contributed by atoms with Gasteiger partial charge in [0.25, 0.3) is 0 Å². The molecule has 0 bridgehead atoms. The molecule has 0 heterocycles. The molecule has 0 saturated carbocycles. The lowest BCUT2D eigenvalue weighted by atomic mass is 9.63. The van der Waals surface area contributed by atoms with E-state index in [1.807, 2.05) is 30.3 Å². The molecule has 3 aromatic rings. The Morgan fingerprint density at radius 1 is 0.852 bits per heavy atom. The van der Waals surface area contributed by atoms with Crippen LogP contribution in [0, 0.1) is 0 Å². The van der Waals surface area contributed by atoms with Crippen molar-refractivity contribution in [3.63, 3.8) is 0 Å². The van der Waals surface area contributed by atoms with Gasteiger partial charge in [-0.1, -0.05) is 76.2 Å². The van der Waals surface area contributed by atoms with Crippen LogP contribution in [0.15, 0.2) is 54.6 Å². The van der Waals surface area contributed by atoms with Gasteiger partial charge >= 0.3 is 5.97 Å². The third-order valence-electron chi connectivity index (χ3n) is 6.30. The van der Waals surface area contributed by atoms with Gasteiger partial charge in [0.2, 0.25) is 0 Å². The van der Waals surface area contributed by atoms with Gasteiger partial charge < -0.3 is 5.11 Å². The minimum absolute atomic E-state index is 0.0921. The summed E-state index contributed by atoms with van der Waals surface area (Å²) in [7, 11) is 0. The Kier molecular flexibility index (Phi) is 3.92. The van der Waals surface area contributed by atoms with Crippen LogP contribution in [-0.2, 0) is 10.8 Å². The van der Waals surface area contributed by atoms with Crippen LogP contribution in [0.3, 0.4) is 0 Å². The van der Waals surface area contributed by atoms with E-state index in [2.05, 4.69) is 45.9 Å². The number of carbonyl (C=O) groups is 1. The van der Waals surface area contributed by atoms with Gasteiger partial charge in [-0.15, -0.1) is 0 Å². The Hall–Kier alpha value is -2.61. The maximum absolute atomic E-state index is 12.0. The van der Waals surface area contributed by atoms with E-state index in [-0.39, 0.29) is 10.8 Å². The van der Waals surface area contributed by atoms with Crippen molar-refractivity contribution in [3.8, 4) is 11.1 Å². The Bertz CT molecular complexity index is 1060. The van der Waals surface area contributed by atoms with Gasteiger partial charge in [-0.2, -0.15) is 0 Å². The first-order valence-electron chi connectivity index (χ1n) is 9.61. The van der Waals surface area contributed by atoms with Crippen molar-refractivity contribution in [2.75, 3.05) is 0 Å². The number of hydrogen-bond acceptors (Lipinski definition) is 1. The van der Waals surface area contributed by atoms with Crippen LogP contribution in [0.5, 0.6) is 0 Å². The lowest BCUT2D eigenvalue weighted by Gasteiger charge is -2.42. The van der Waals surface area contributed by atoms with E-state index in [1.54, 1.807) is 6.07 Å². The van der Waals surface area contributed by atoms with Gasteiger partial charge in [-0.3, -0.25) is 0 Å². The van der Waals surface area contributed by atoms with E-state index >= 15 is 0 Å². The highest BCUT2D eigenvalue weighted by Gasteiger charge is 2.37. The average molecular weight is 358 g/mol. The normalized spacial score (nSPS) is 17.5. The summed E-state index contributed by atoms with van der Waals surface area (Å²) in [6, 6.07) is 18.2. The molecule has 2 nitrogen and oxygen atoms in total. The van der Waals surface area contributed by atoms with E-state index in [9.17, 15) is 9.90 Å². The third-order valence-corrected chi connectivity index (χ3v) is 6.30. The number of fused-ring (bicyclic) bond motifs is 2. The summed E-state index contributed by atoms with van der Waals surface area (Å²) in [6.07, 6.45) is 2.30. The molecule has 0 aliphatic heterocycles. The minimum Gasteiger partial charge on any atom is -0.478 e. The number of carboxylic acid groups (broad SMARTS) is 1. The summed E-state index contributed by atoms with van der Waals surface area (Å²) in [5.41, 5.74) is 5.16. The quantitative estimate of drug-likeness (QED) is 0.563. The fourth-order valence-corrected chi connectivity index (χ4v) is 4.50. The summed E-state index contributed by atoms with van der Waals surface area (Å²) < 4.78 is 0. The lowest BCUT2D eigenvalue weighted by Crippen LogP contribution is -2.33. The number of aromatic carboxylic acids is 1. The molecular weight excluding hydrogens is 332 g/mol. The fourth-order valence-electron chi connectivity index (χ4n) is 4.50. The molecule has 1 N–H and O–H groups in total. The van der Waals surface area contributed by atoms with Crippen molar-refractivity contribution in [3.05, 3.63) is 71.3 Å². The highest BCUT2D eigenvalue weighted by molar-refractivity contribution is 6.07. The molecule has 27 heavy (non-hydrogen) atoms. The zero-order valence-electron chi connectivity index (χ0n) is 16.5. The molecule has 4 rings (SSSR count). The maximum Gasteiger partial charge on any atom is 0.336 e. The molecule has 0 aromatic heterocycles. The molecule has 0 spiro atoms. The van der Waals surface area contributed by atoms with Gasteiger partial charge in [-0.05, 0) is 57.2 Å². The summed E-state index contributed by atoms with van der Waals surface area (Å²) in [5.74, 6) is -0.881. The number of carboxylic acids is 1. The first kappa shape index (κ1) is 17.8. The molecule has 0 amide bonds. The highest BCUT2D eigenvalue weighted by Crippen LogP contribution is 2.47. The summed E-state index contributed by atoms with van der Waals surface area (Å²) >= 11 is 0. The largest absolute Gasteiger partial charge is 0.478 e. The van der Waals surface area contributed by atoms with Gasteiger partial charge in [0.05, 0.1) is 5.56 Å². The lowest BCUT2D eigenvalue weighted by molar-refractivity contribution is 0.0698. The Labute approximate surface area is 160 Å². The number of rotatable bonds is 2. The van der Waals surface area contributed by atoms with Gasteiger partial charge in [0.1, 0.15) is 0 Å². The highest BCUT2D eigenvalue weighted by atomic mass is 16.4. The average Bonchev–Trinajstić information content (AvgIpc) is 2.64. The van der Waals surface area contributed by atoms with E-state index in [1.165, 1.54) is 17.5 Å². The Morgan fingerprint density at radius 3 is 2.22 bits per heavy atom. The van der Waals surface area contributed by atoms with Crippen LogP contribution in [0.1, 0.15) is 62.0 Å². The van der Waals surface area contributed by atoms with Crippen molar-refractivity contribution in [1.29, 1.82) is 0 Å². The standard InChI is InChI=1S/C25H26O2/c1-24(2)13-14-25(3,4)21-15-17(10-12-20(21)24)22-18-8-6-5-7-16(18)9-11-19(22)23(26)27/h5-12,15H,13-14H2,1-4H3,(H,26,27). The second-order valence-electron chi connectivity index (χ2n) is 9.04. The van der Waals surface area contributed by atoms with Crippen molar-refractivity contribution in [1.82, 2.24) is 0 Å². The van der Waals surface area contributed by atoms with Crippen molar-refractivity contribution >= 4 is 16.7 Å². The maximum atomic E-state index is 12.0. The molecule has 1 aliphatic carbocycles. The summed E-state index contributed by atoms with van der Waals surface area (Å²) in [5, 5.41) is 11.9. The monoisotopic (exact) mass is 358 g/mol. The van der Waals surface area contributed by atoms with Gasteiger partial charge in [-0.25, -0.2) is 4.79 Å². The second kappa shape index (κ2) is 5.95. The predicted octanol–water partition coefficient (Wildman–Crippen LogP) is 6.55. The predicted molar refractivity (Wildman–Crippen MR) is 112 cm³/mol. The molecular formula is C25H26O2. The molecule has 0 radical (unpaired) electrons. The first-order chi connectivity index (χ1) is 12.7. The number of hydrogen-bond donors (Lipinski definition) is 1. The molecule has 0 saturated heterocycles. The topological polar surface area (TPSA) is 37.3 Å². The van der Waals surface area contributed by atoms with E-state index < -0.39 is 5.97 Å². The van der Waals surface area contributed by atoms with Gasteiger partial charge in [0.15, 0.2) is 0 Å². The summed E-state index contributed by atoms with van der Waals surface area (Å²) in [4.78, 5) is 12.0. The fraction of sp³-hybridized carbons (Fsp3) is 0.320. The van der Waals surface area contributed by atoms with E-state index in [0.29, 0.717) is 5.56 Å². The molecule has 2 heteroatoms. The minimum atomic E-state index is -0.881. The Morgan fingerprint density at radius 2 is 1.52 bits per heavy atom. The van der Waals surface area contributed by atoms with Crippen LogP contribution in [-0.4, -0.2) is 11.1 Å². The smallest absolute Gasteiger partial charge is 0.336 e. The van der Waals surface area contributed by atoms with Crippen molar-refractivity contribution in [2.45, 2.75) is 51.4 Å². The van der Waals surface area contributed by atoms with Crippen LogP contribution in [0.4, 0.5) is 0 Å². The van der Waals surface area contributed by atoms with Crippen molar-refractivity contribution in [2.24, 2.45) is 0 Å². The van der Waals surface area contributed by atoms with E-state index in [0.717, 1.165) is 28.3 Å². The molecule has 0 unspecified atom stereocenters. The Balaban J connectivity index is 2.03. The first-order valence-corrected chi connectivity index (χ1v) is 9.61. The SMILES string of the molecule is CC1(C)CCC(C)(C)c2cc(-c3c(C(=O)O)ccc4ccccc34)ccc21. The van der Waals surface area contributed by atoms with Crippen LogP contribution >= 0.6 is 0 Å². The van der Waals surface area contributed by atoms with Crippen LogP contribution in [0.2, 0.25) is 0 Å². The molecule has 0 atom stereocenters. The third kappa shape index (κ3) is 2.84. The number of benzene rings is 3. The zero-order valence-corrected chi connectivity index (χ0v) is 16.5. The summed E-state index contributed by atoms with van der Waals surface area (Å²) in [6.45, 7) is 9.21. The van der Waals surface area contributed by atoms with Crippen LogP contribution in [0.25, 0.3) is 21.9 Å². The molecule has 0 fully saturated rings. The van der Waals surface area contributed by atoms with Crippen molar-refractivity contribution < 1.29 is 9.90 Å². The second-order valence-corrected chi connectivity index (χ2v) is 9.04. The molecule has 1 aliphatic rings.